The topological polar surface area (TPSA) is 50.4 Å². The van der Waals surface area contributed by atoms with Gasteiger partial charge in [0.1, 0.15) is 0 Å². The number of carbonyl (C=O) groups is 1. The molecule has 4 nitrogen and oxygen atoms in total. The van der Waals surface area contributed by atoms with Crippen molar-refractivity contribution in [2.24, 2.45) is 0 Å². The molecule has 0 atom stereocenters. The standard InChI is InChI=1S/C12H22N2O2/c1-2-16-9-5-8-13-12(15)14-10-11-6-3-4-7-11/h10H,2-9H2,1H3,(H2,13,14,15). The van der Waals surface area contributed by atoms with Crippen LogP contribution in [0.25, 0.3) is 0 Å². The summed E-state index contributed by atoms with van der Waals surface area (Å²) < 4.78 is 5.17. The molecule has 0 aromatic carbocycles. The zero-order valence-electron chi connectivity index (χ0n) is 10.1. The molecule has 2 amide bonds. The highest BCUT2D eigenvalue weighted by Gasteiger charge is 2.06. The fraction of sp³-hybridized carbons (Fsp3) is 0.750. The predicted octanol–water partition coefficient (Wildman–Crippen LogP) is 2.17. The van der Waals surface area contributed by atoms with E-state index >= 15 is 0 Å². The lowest BCUT2D eigenvalue weighted by atomic mass is 10.2. The molecule has 0 aromatic rings. The van der Waals surface area contributed by atoms with E-state index in [2.05, 4.69) is 10.6 Å². The third kappa shape index (κ3) is 5.75. The zero-order chi connectivity index (χ0) is 11.6. The van der Waals surface area contributed by atoms with E-state index in [1.807, 2.05) is 13.1 Å². The Morgan fingerprint density at radius 2 is 2.19 bits per heavy atom. The quantitative estimate of drug-likeness (QED) is 0.682. The van der Waals surface area contributed by atoms with Crippen molar-refractivity contribution < 1.29 is 9.53 Å². The monoisotopic (exact) mass is 226 g/mol. The van der Waals surface area contributed by atoms with Gasteiger partial charge in [-0.3, -0.25) is 0 Å². The Morgan fingerprint density at radius 1 is 1.44 bits per heavy atom. The molecule has 0 radical (unpaired) electrons. The van der Waals surface area contributed by atoms with Crippen LogP contribution in [0.15, 0.2) is 11.8 Å². The molecule has 1 aliphatic carbocycles. The zero-order valence-corrected chi connectivity index (χ0v) is 10.1. The van der Waals surface area contributed by atoms with E-state index in [1.165, 1.54) is 18.4 Å². The Kier molecular flexibility index (Phi) is 6.65. The molecule has 1 fully saturated rings. The summed E-state index contributed by atoms with van der Waals surface area (Å²) in [7, 11) is 0. The molecular formula is C12H22N2O2. The van der Waals surface area contributed by atoms with Gasteiger partial charge in [-0.1, -0.05) is 5.57 Å². The molecule has 1 aliphatic rings. The van der Waals surface area contributed by atoms with Crippen molar-refractivity contribution in [1.82, 2.24) is 10.6 Å². The van der Waals surface area contributed by atoms with Crippen LogP contribution in [0.1, 0.15) is 39.0 Å². The lowest BCUT2D eigenvalue weighted by Crippen LogP contribution is -2.33. The van der Waals surface area contributed by atoms with E-state index in [4.69, 9.17) is 4.74 Å². The SMILES string of the molecule is CCOCCCNC(=O)NC=C1CCCC1. The second-order valence-corrected chi connectivity index (χ2v) is 3.96. The van der Waals surface area contributed by atoms with E-state index in [-0.39, 0.29) is 6.03 Å². The van der Waals surface area contributed by atoms with Gasteiger partial charge in [-0.05, 0) is 39.0 Å². The van der Waals surface area contributed by atoms with Gasteiger partial charge < -0.3 is 15.4 Å². The fourth-order valence-electron chi connectivity index (χ4n) is 1.71. The van der Waals surface area contributed by atoms with Gasteiger partial charge in [0, 0.05) is 26.0 Å². The maximum atomic E-state index is 11.3. The maximum Gasteiger partial charge on any atom is 0.318 e. The van der Waals surface area contributed by atoms with Crippen LogP contribution in [0.3, 0.4) is 0 Å². The number of allylic oxidation sites excluding steroid dienone is 1. The van der Waals surface area contributed by atoms with Crippen LogP contribution >= 0.6 is 0 Å². The number of urea groups is 1. The van der Waals surface area contributed by atoms with Crippen LogP contribution in [0.4, 0.5) is 4.79 Å². The molecule has 0 spiro atoms. The highest BCUT2D eigenvalue weighted by atomic mass is 16.5. The fourth-order valence-corrected chi connectivity index (χ4v) is 1.71. The first-order valence-corrected chi connectivity index (χ1v) is 6.13. The number of hydrogen-bond acceptors (Lipinski definition) is 2. The highest BCUT2D eigenvalue weighted by molar-refractivity contribution is 5.74. The van der Waals surface area contributed by atoms with Crippen LogP contribution < -0.4 is 10.6 Å². The lowest BCUT2D eigenvalue weighted by Gasteiger charge is -2.05. The van der Waals surface area contributed by atoms with Crippen molar-refractivity contribution in [3.63, 3.8) is 0 Å². The Morgan fingerprint density at radius 3 is 2.88 bits per heavy atom. The molecule has 0 heterocycles. The molecule has 4 heteroatoms. The predicted molar refractivity (Wildman–Crippen MR) is 64.2 cm³/mol. The van der Waals surface area contributed by atoms with E-state index in [0.29, 0.717) is 13.2 Å². The molecule has 2 N–H and O–H groups in total. The van der Waals surface area contributed by atoms with Gasteiger partial charge in [0.15, 0.2) is 0 Å². The molecule has 0 unspecified atom stereocenters. The summed E-state index contributed by atoms with van der Waals surface area (Å²) in [4.78, 5) is 11.3. The number of nitrogens with one attached hydrogen (secondary N) is 2. The molecule has 0 bridgehead atoms. The maximum absolute atomic E-state index is 11.3. The minimum absolute atomic E-state index is 0.115. The largest absolute Gasteiger partial charge is 0.382 e. The lowest BCUT2D eigenvalue weighted by molar-refractivity contribution is 0.145. The second kappa shape index (κ2) is 8.16. The third-order valence-corrected chi connectivity index (χ3v) is 2.61. The summed E-state index contributed by atoms with van der Waals surface area (Å²) in [6.07, 6.45) is 7.48. The second-order valence-electron chi connectivity index (χ2n) is 3.96. The molecule has 92 valence electrons. The Hall–Kier alpha value is -1.03. The van der Waals surface area contributed by atoms with Gasteiger partial charge in [-0.15, -0.1) is 0 Å². The summed E-state index contributed by atoms with van der Waals surface area (Å²) in [5.74, 6) is 0. The average molecular weight is 226 g/mol. The van der Waals surface area contributed by atoms with Crippen molar-refractivity contribution in [2.45, 2.75) is 39.0 Å². The Bertz CT molecular complexity index is 231. The summed E-state index contributed by atoms with van der Waals surface area (Å²) in [5, 5.41) is 5.55. The highest BCUT2D eigenvalue weighted by Crippen LogP contribution is 2.22. The van der Waals surface area contributed by atoms with Crippen LogP contribution in [0.5, 0.6) is 0 Å². The van der Waals surface area contributed by atoms with E-state index in [9.17, 15) is 4.79 Å². The number of hydrogen-bond donors (Lipinski definition) is 2. The van der Waals surface area contributed by atoms with Gasteiger partial charge >= 0.3 is 6.03 Å². The smallest absolute Gasteiger partial charge is 0.318 e. The third-order valence-electron chi connectivity index (χ3n) is 2.61. The van der Waals surface area contributed by atoms with Crippen LogP contribution in [0, 0.1) is 0 Å². The minimum Gasteiger partial charge on any atom is -0.382 e. The Labute approximate surface area is 97.4 Å². The van der Waals surface area contributed by atoms with Crippen molar-refractivity contribution in [1.29, 1.82) is 0 Å². The summed E-state index contributed by atoms with van der Waals surface area (Å²) in [6, 6.07) is -0.115. The molecule has 1 saturated carbocycles. The summed E-state index contributed by atoms with van der Waals surface area (Å²) in [6.45, 7) is 4.07. The number of rotatable bonds is 6. The van der Waals surface area contributed by atoms with Crippen LogP contribution in [-0.4, -0.2) is 25.8 Å². The first-order valence-electron chi connectivity index (χ1n) is 6.13. The molecule has 16 heavy (non-hydrogen) atoms. The summed E-state index contributed by atoms with van der Waals surface area (Å²) in [5.41, 5.74) is 1.35. The molecular weight excluding hydrogens is 204 g/mol. The molecule has 0 saturated heterocycles. The molecule has 0 aromatic heterocycles. The number of carbonyl (C=O) groups excluding carboxylic acids is 1. The van der Waals surface area contributed by atoms with Gasteiger partial charge in [0.2, 0.25) is 0 Å². The summed E-state index contributed by atoms with van der Waals surface area (Å²) >= 11 is 0. The first-order chi connectivity index (χ1) is 7.83. The number of amides is 2. The number of ether oxygens (including phenoxy) is 1. The average Bonchev–Trinajstić information content (AvgIpc) is 2.79. The molecule has 1 rings (SSSR count). The van der Waals surface area contributed by atoms with Crippen LogP contribution in [-0.2, 0) is 4.74 Å². The van der Waals surface area contributed by atoms with E-state index in [0.717, 1.165) is 25.9 Å². The minimum atomic E-state index is -0.115. The van der Waals surface area contributed by atoms with Gasteiger partial charge in [-0.25, -0.2) is 4.79 Å². The van der Waals surface area contributed by atoms with Gasteiger partial charge in [0.05, 0.1) is 0 Å². The van der Waals surface area contributed by atoms with Crippen LogP contribution in [0.2, 0.25) is 0 Å². The van der Waals surface area contributed by atoms with Crippen molar-refractivity contribution in [2.75, 3.05) is 19.8 Å². The first kappa shape index (κ1) is 13.0. The van der Waals surface area contributed by atoms with Crippen molar-refractivity contribution in [3.8, 4) is 0 Å². The van der Waals surface area contributed by atoms with Crippen molar-refractivity contribution in [3.05, 3.63) is 11.8 Å². The van der Waals surface area contributed by atoms with Crippen molar-refractivity contribution >= 4 is 6.03 Å². The van der Waals surface area contributed by atoms with E-state index < -0.39 is 0 Å². The van der Waals surface area contributed by atoms with E-state index in [1.54, 1.807) is 0 Å². The Balaban J connectivity index is 2.00. The normalized spacial score (nSPS) is 14.9. The van der Waals surface area contributed by atoms with Gasteiger partial charge in [0.25, 0.3) is 0 Å². The molecule has 0 aliphatic heterocycles. The van der Waals surface area contributed by atoms with Gasteiger partial charge in [-0.2, -0.15) is 0 Å².